The third kappa shape index (κ3) is 10.6. The van der Waals surface area contributed by atoms with Crippen molar-refractivity contribution < 1.29 is 9.53 Å². The highest BCUT2D eigenvalue weighted by Crippen LogP contribution is 2.15. The maximum Gasteiger partial charge on any atom is 0.330 e. The molecule has 0 aromatic heterocycles. The van der Waals surface area contributed by atoms with E-state index < -0.39 is 0 Å². The van der Waals surface area contributed by atoms with Gasteiger partial charge in [-0.05, 0) is 30.0 Å². The van der Waals surface area contributed by atoms with E-state index in [1.54, 1.807) is 0 Å². The van der Waals surface area contributed by atoms with E-state index in [4.69, 9.17) is 0 Å². The van der Waals surface area contributed by atoms with Crippen molar-refractivity contribution >= 4 is 18.1 Å². The zero-order chi connectivity index (χ0) is 18.2. The molecule has 0 amide bonds. The molecular weight excluding hydrogens is 308 g/mol. The Hall–Kier alpha value is -1.83. The van der Waals surface area contributed by atoms with Crippen LogP contribution in [0.2, 0.25) is 0 Å². The molecule has 0 atom stereocenters. The molecule has 1 aromatic rings. The van der Waals surface area contributed by atoms with Gasteiger partial charge in [-0.25, -0.2) is 4.79 Å². The SMILES string of the molecule is CCCCCCCCCCC/C=C\c1ccccc1C=CC(=O)OC. The number of hydrogen-bond acceptors (Lipinski definition) is 2. The maximum atomic E-state index is 11.2. The molecule has 25 heavy (non-hydrogen) atoms. The van der Waals surface area contributed by atoms with Gasteiger partial charge in [-0.2, -0.15) is 0 Å². The van der Waals surface area contributed by atoms with Crippen LogP contribution in [0.25, 0.3) is 12.2 Å². The van der Waals surface area contributed by atoms with Crippen molar-refractivity contribution in [1.82, 2.24) is 0 Å². The Kier molecular flexibility index (Phi) is 12.3. The van der Waals surface area contributed by atoms with Gasteiger partial charge in [-0.15, -0.1) is 0 Å². The molecular formula is C23H34O2. The number of carbonyl (C=O) groups is 1. The van der Waals surface area contributed by atoms with Gasteiger partial charge in [0.25, 0.3) is 0 Å². The van der Waals surface area contributed by atoms with Gasteiger partial charge in [0.1, 0.15) is 0 Å². The molecule has 0 heterocycles. The minimum absolute atomic E-state index is 0.325. The van der Waals surface area contributed by atoms with Crippen LogP contribution in [0.3, 0.4) is 0 Å². The lowest BCUT2D eigenvalue weighted by Crippen LogP contribution is -1.93. The van der Waals surface area contributed by atoms with E-state index in [2.05, 4.69) is 29.9 Å². The van der Waals surface area contributed by atoms with Crippen molar-refractivity contribution in [2.75, 3.05) is 7.11 Å². The van der Waals surface area contributed by atoms with E-state index in [1.807, 2.05) is 24.3 Å². The number of ether oxygens (including phenoxy) is 1. The van der Waals surface area contributed by atoms with Crippen molar-refractivity contribution in [2.24, 2.45) is 0 Å². The first-order valence-corrected chi connectivity index (χ1v) is 9.79. The summed E-state index contributed by atoms with van der Waals surface area (Å²) in [5.74, 6) is -0.325. The average molecular weight is 343 g/mol. The lowest BCUT2D eigenvalue weighted by atomic mass is 10.0. The Morgan fingerprint density at radius 3 is 2.04 bits per heavy atom. The first kappa shape index (κ1) is 21.2. The molecule has 0 aliphatic carbocycles. The summed E-state index contributed by atoms with van der Waals surface area (Å²) in [6.45, 7) is 2.27. The van der Waals surface area contributed by atoms with Crippen molar-refractivity contribution in [2.45, 2.75) is 71.1 Å². The van der Waals surface area contributed by atoms with Gasteiger partial charge in [0.15, 0.2) is 0 Å². The summed E-state index contributed by atoms with van der Waals surface area (Å²) in [6.07, 6.45) is 21.0. The largest absolute Gasteiger partial charge is 0.466 e. The van der Waals surface area contributed by atoms with Crippen LogP contribution in [-0.2, 0) is 9.53 Å². The number of unbranched alkanes of at least 4 members (excludes halogenated alkanes) is 9. The zero-order valence-corrected chi connectivity index (χ0v) is 16.0. The summed E-state index contributed by atoms with van der Waals surface area (Å²) in [6, 6.07) is 8.09. The normalized spacial score (nSPS) is 11.4. The number of rotatable bonds is 13. The third-order valence-electron chi connectivity index (χ3n) is 4.37. The monoisotopic (exact) mass is 342 g/mol. The summed E-state index contributed by atoms with van der Waals surface area (Å²) < 4.78 is 4.64. The Bertz CT molecular complexity index is 529. The van der Waals surface area contributed by atoms with Crippen molar-refractivity contribution in [3.05, 3.63) is 47.5 Å². The van der Waals surface area contributed by atoms with Gasteiger partial charge in [-0.3, -0.25) is 0 Å². The highest BCUT2D eigenvalue weighted by Gasteiger charge is 1.97. The molecule has 2 nitrogen and oxygen atoms in total. The highest BCUT2D eigenvalue weighted by molar-refractivity contribution is 5.87. The molecule has 0 unspecified atom stereocenters. The number of hydrogen-bond donors (Lipinski definition) is 0. The van der Waals surface area contributed by atoms with Crippen LogP contribution in [0.1, 0.15) is 82.3 Å². The second-order valence-electron chi connectivity index (χ2n) is 6.50. The van der Waals surface area contributed by atoms with Crippen LogP contribution in [-0.4, -0.2) is 13.1 Å². The molecule has 0 fully saturated rings. The molecule has 0 bridgehead atoms. The van der Waals surface area contributed by atoms with Crippen LogP contribution >= 0.6 is 0 Å². The fourth-order valence-electron chi connectivity index (χ4n) is 2.82. The summed E-state index contributed by atoms with van der Waals surface area (Å²) >= 11 is 0. The Morgan fingerprint density at radius 1 is 0.880 bits per heavy atom. The first-order valence-electron chi connectivity index (χ1n) is 9.79. The third-order valence-corrected chi connectivity index (χ3v) is 4.37. The van der Waals surface area contributed by atoms with Crippen molar-refractivity contribution in [1.29, 1.82) is 0 Å². The summed E-state index contributed by atoms with van der Waals surface area (Å²) in [7, 11) is 1.39. The van der Waals surface area contributed by atoms with E-state index in [1.165, 1.54) is 71.0 Å². The van der Waals surface area contributed by atoms with Crippen LogP contribution in [0, 0.1) is 0 Å². The van der Waals surface area contributed by atoms with Gasteiger partial charge in [0.05, 0.1) is 7.11 Å². The predicted octanol–water partition coefficient (Wildman–Crippen LogP) is 6.81. The molecule has 0 spiro atoms. The number of carbonyl (C=O) groups excluding carboxylic acids is 1. The second kappa shape index (κ2) is 14.5. The summed E-state index contributed by atoms with van der Waals surface area (Å²) in [5.41, 5.74) is 2.18. The van der Waals surface area contributed by atoms with Gasteiger partial charge < -0.3 is 4.74 Å². The van der Waals surface area contributed by atoms with Crippen LogP contribution in [0.15, 0.2) is 36.4 Å². The topological polar surface area (TPSA) is 26.3 Å². The Labute approximate surface area is 154 Å². The molecule has 2 heteroatoms. The van der Waals surface area contributed by atoms with Crippen molar-refractivity contribution in [3.63, 3.8) is 0 Å². The molecule has 0 saturated heterocycles. The van der Waals surface area contributed by atoms with Crippen LogP contribution in [0.4, 0.5) is 0 Å². The first-order chi connectivity index (χ1) is 12.3. The fourth-order valence-corrected chi connectivity index (χ4v) is 2.82. The van der Waals surface area contributed by atoms with Crippen LogP contribution < -0.4 is 0 Å². The molecule has 1 rings (SSSR count). The molecule has 0 N–H and O–H groups in total. The van der Waals surface area contributed by atoms with E-state index in [0.717, 1.165) is 17.5 Å². The molecule has 0 aliphatic rings. The number of methoxy groups -OCH3 is 1. The van der Waals surface area contributed by atoms with Gasteiger partial charge in [0.2, 0.25) is 0 Å². The second-order valence-corrected chi connectivity index (χ2v) is 6.50. The highest BCUT2D eigenvalue weighted by atomic mass is 16.5. The van der Waals surface area contributed by atoms with Crippen LogP contribution in [0.5, 0.6) is 0 Å². The van der Waals surface area contributed by atoms with E-state index in [0.29, 0.717) is 0 Å². The number of benzene rings is 1. The zero-order valence-electron chi connectivity index (χ0n) is 16.0. The van der Waals surface area contributed by atoms with Gasteiger partial charge in [0, 0.05) is 6.08 Å². The molecule has 0 aliphatic heterocycles. The smallest absolute Gasteiger partial charge is 0.330 e. The van der Waals surface area contributed by atoms with Crippen molar-refractivity contribution in [3.8, 4) is 0 Å². The Balaban J connectivity index is 2.24. The predicted molar refractivity (Wildman–Crippen MR) is 108 cm³/mol. The standard InChI is InChI=1S/C23H34O2/c1-3-4-5-6-7-8-9-10-11-12-13-16-21-17-14-15-18-22(21)19-20-23(24)25-2/h13-20H,3-12H2,1-2H3/b16-13-,20-19?. The lowest BCUT2D eigenvalue weighted by molar-refractivity contribution is -0.134. The quantitative estimate of drug-likeness (QED) is 0.224. The minimum atomic E-state index is -0.325. The number of esters is 1. The maximum absolute atomic E-state index is 11.2. The average Bonchev–Trinajstić information content (AvgIpc) is 2.64. The Morgan fingerprint density at radius 2 is 1.44 bits per heavy atom. The fraction of sp³-hybridized carbons (Fsp3) is 0.522. The lowest BCUT2D eigenvalue weighted by Gasteiger charge is -2.02. The summed E-state index contributed by atoms with van der Waals surface area (Å²) in [5, 5.41) is 0. The van der Waals surface area contributed by atoms with E-state index in [9.17, 15) is 4.79 Å². The molecule has 0 saturated carbocycles. The van der Waals surface area contributed by atoms with E-state index in [-0.39, 0.29) is 5.97 Å². The molecule has 0 radical (unpaired) electrons. The summed E-state index contributed by atoms with van der Waals surface area (Å²) in [4.78, 5) is 11.2. The van der Waals surface area contributed by atoms with Gasteiger partial charge >= 0.3 is 5.97 Å². The minimum Gasteiger partial charge on any atom is -0.466 e. The number of allylic oxidation sites excluding steroid dienone is 1. The van der Waals surface area contributed by atoms with E-state index >= 15 is 0 Å². The van der Waals surface area contributed by atoms with Gasteiger partial charge in [-0.1, -0.05) is 94.7 Å². The molecule has 1 aromatic carbocycles. The molecule has 138 valence electrons.